The van der Waals surface area contributed by atoms with Crippen LogP contribution in [0.15, 0.2) is 47.4 Å². The Bertz CT molecular complexity index is 1030. The van der Waals surface area contributed by atoms with E-state index in [2.05, 4.69) is 5.32 Å². The number of amides is 1. The minimum atomic E-state index is -3.64. The summed E-state index contributed by atoms with van der Waals surface area (Å²) in [6.07, 6.45) is 2.67. The van der Waals surface area contributed by atoms with E-state index in [-0.39, 0.29) is 10.5 Å². The number of nitrogens with zero attached hydrogens (tertiary/aromatic N) is 1. The van der Waals surface area contributed by atoms with E-state index in [1.54, 1.807) is 13.0 Å². The summed E-state index contributed by atoms with van der Waals surface area (Å²) in [5.74, 6) is -1.86. The van der Waals surface area contributed by atoms with Crippen LogP contribution in [0, 0.1) is 12.7 Å². The van der Waals surface area contributed by atoms with Crippen molar-refractivity contribution in [3.8, 4) is 0 Å². The van der Waals surface area contributed by atoms with Gasteiger partial charge in [-0.2, -0.15) is 4.31 Å². The first-order valence-electron chi connectivity index (χ1n) is 9.61. The fraction of sp³-hybridized carbons (Fsp3) is 0.333. The molecule has 0 bridgehead atoms. The van der Waals surface area contributed by atoms with E-state index in [0.717, 1.165) is 31.4 Å². The van der Waals surface area contributed by atoms with Crippen molar-refractivity contribution in [1.29, 1.82) is 0 Å². The van der Waals surface area contributed by atoms with Crippen LogP contribution in [0.5, 0.6) is 0 Å². The first-order chi connectivity index (χ1) is 14.3. The van der Waals surface area contributed by atoms with Gasteiger partial charge in [0.15, 0.2) is 6.61 Å². The zero-order valence-corrected chi connectivity index (χ0v) is 17.4. The summed E-state index contributed by atoms with van der Waals surface area (Å²) < 4.78 is 45.0. The number of carbonyl (C=O) groups is 2. The number of esters is 1. The maximum absolute atomic E-state index is 12.9. The summed E-state index contributed by atoms with van der Waals surface area (Å²) in [6, 6.07) is 9.31. The van der Waals surface area contributed by atoms with Crippen LogP contribution in [0.1, 0.15) is 35.2 Å². The third-order valence-corrected chi connectivity index (χ3v) is 6.74. The number of ether oxygens (including phenoxy) is 1. The molecule has 1 fully saturated rings. The van der Waals surface area contributed by atoms with Crippen LogP contribution in [-0.2, 0) is 19.6 Å². The van der Waals surface area contributed by atoms with Gasteiger partial charge in [-0.25, -0.2) is 17.6 Å². The number of piperidine rings is 1. The molecular formula is C21H23FN2O5S. The number of sulfonamides is 1. The van der Waals surface area contributed by atoms with E-state index in [1.807, 2.05) is 0 Å². The second-order valence-corrected chi connectivity index (χ2v) is 9.01. The summed E-state index contributed by atoms with van der Waals surface area (Å²) in [5, 5.41) is 2.58. The van der Waals surface area contributed by atoms with Crippen molar-refractivity contribution >= 4 is 27.6 Å². The molecule has 160 valence electrons. The average molecular weight is 434 g/mol. The molecule has 3 rings (SSSR count). The van der Waals surface area contributed by atoms with E-state index >= 15 is 0 Å². The van der Waals surface area contributed by atoms with Gasteiger partial charge in [-0.3, -0.25) is 4.79 Å². The average Bonchev–Trinajstić information content (AvgIpc) is 2.74. The number of carbonyl (C=O) groups excluding carboxylic acids is 2. The van der Waals surface area contributed by atoms with Crippen LogP contribution in [0.3, 0.4) is 0 Å². The molecule has 1 aliphatic heterocycles. The molecule has 2 aromatic carbocycles. The smallest absolute Gasteiger partial charge is 0.338 e. The van der Waals surface area contributed by atoms with Crippen LogP contribution in [0.2, 0.25) is 0 Å². The van der Waals surface area contributed by atoms with E-state index in [9.17, 15) is 22.4 Å². The van der Waals surface area contributed by atoms with Crippen LogP contribution in [0.4, 0.5) is 10.1 Å². The molecule has 0 aromatic heterocycles. The maximum atomic E-state index is 12.9. The van der Waals surface area contributed by atoms with Gasteiger partial charge in [0.05, 0.1) is 10.5 Å². The summed E-state index contributed by atoms with van der Waals surface area (Å²) in [4.78, 5) is 24.2. The molecular weight excluding hydrogens is 411 g/mol. The van der Waals surface area contributed by atoms with Crippen molar-refractivity contribution in [2.24, 2.45) is 0 Å². The predicted molar refractivity (Wildman–Crippen MR) is 109 cm³/mol. The molecule has 7 nitrogen and oxygen atoms in total. The predicted octanol–water partition coefficient (Wildman–Crippen LogP) is 3.10. The molecule has 9 heteroatoms. The Morgan fingerprint density at radius 1 is 1.07 bits per heavy atom. The standard InChI is InChI=1S/C21H23FN2O5S/c1-15-5-10-18(30(27,28)24-11-3-2-4-12-24)13-19(15)23-20(25)14-29-21(26)16-6-8-17(22)9-7-16/h5-10,13H,2-4,11-12,14H2,1H3,(H,23,25). The van der Waals surface area contributed by atoms with E-state index in [1.165, 1.54) is 28.6 Å². The molecule has 30 heavy (non-hydrogen) atoms. The molecule has 0 atom stereocenters. The van der Waals surface area contributed by atoms with Crippen molar-refractivity contribution in [2.45, 2.75) is 31.1 Å². The maximum Gasteiger partial charge on any atom is 0.338 e. The topological polar surface area (TPSA) is 92.8 Å². The van der Waals surface area contributed by atoms with E-state index in [4.69, 9.17) is 4.74 Å². The van der Waals surface area contributed by atoms with Gasteiger partial charge in [0.2, 0.25) is 10.0 Å². The zero-order chi connectivity index (χ0) is 21.7. The minimum Gasteiger partial charge on any atom is -0.452 e. The van der Waals surface area contributed by atoms with Crippen molar-refractivity contribution in [1.82, 2.24) is 4.31 Å². The lowest BCUT2D eigenvalue weighted by atomic mass is 10.2. The number of halogens is 1. The second kappa shape index (κ2) is 9.36. The van der Waals surface area contributed by atoms with Crippen molar-refractivity contribution < 1.29 is 27.1 Å². The summed E-state index contributed by atoms with van der Waals surface area (Å²) in [5.41, 5.74) is 1.12. The van der Waals surface area contributed by atoms with Crippen molar-refractivity contribution in [3.63, 3.8) is 0 Å². The Hall–Kier alpha value is -2.78. The number of hydrogen-bond acceptors (Lipinski definition) is 5. The van der Waals surface area contributed by atoms with Gasteiger partial charge in [-0.15, -0.1) is 0 Å². The Labute approximate surface area is 174 Å². The molecule has 0 saturated carbocycles. The largest absolute Gasteiger partial charge is 0.452 e. The molecule has 2 aromatic rings. The summed E-state index contributed by atoms with van der Waals surface area (Å²) in [6.45, 7) is 2.14. The molecule has 0 radical (unpaired) electrons. The first-order valence-corrected chi connectivity index (χ1v) is 11.0. The van der Waals surface area contributed by atoms with E-state index in [0.29, 0.717) is 24.3 Å². The number of rotatable bonds is 6. The highest BCUT2D eigenvalue weighted by molar-refractivity contribution is 7.89. The molecule has 1 N–H and O–H groups in total. The lowest BCUT2D eigenvalue weighted by Gasteiger charge is -2.26. The molecule has 1 amide bonds. The molecule has 0 spiro atoms. The summed E-state index contributed by atoms with van der Waals surface area (Å²) >= 11 is 0. The van der Waals surface area contributed by atoms with E-state index < -0.39 is 34.3 Å². The van der Waals surface area contributed by atoms with Gasteiger partial charge < -0.3 is 10.1 Å². The highest BCUT2D eigenvalue weighted by atomic mass is 32.2. The fourth-order valence-corrected chi connectivity index (χ4v) is 4.68. The van der Waals surface area contributed by atoms with Gasteiger partial charge in [-0.05, 0) is 61.7 Å². The summed E-state index contributed by atoms with van der Waals surface area (Å²) in [7, 11) is -3.64. The lowest BCUT2D eigenvalue weighted by Crippen LogP contribution is -2.35. The monoisotopic (exact) mass is 434 g/mol. The Balaban J connectivity index is 1.65. The van der Waals surface area contributed by atoms with Gasteiger partial charge in [0.25, 0.3) is 5.91 Å². The molecule has 0 unspecified atom stereocenters. The Morgan fingerprint density at radius 2 is 1.73 bits per heavy atom. The SMILES string of the molecule is Cc1ccc(S(=O)(=O)N2CCCCC2)cc1NC(=O)COC(=O)c1ccc(F)cc1. The van der Waals surface area contributed by atoms with Gasteiger partial charge in [0.1, 0.15) is 5.82 Å². The minimum absolute atomic E-state index is 0.105. The number of nitrogens with one attached hydrogen (secondary N) is 1. The quantitative estimate of drug-likeness (QED) is 0.706. The highest BCUT2D eigenvalue weighted by Crippen LogP contribution is 2.25. The molecule has 1 saturated heterocycles. The van der Waals surface area contributed by atoms with Crippen molar-refractivity contribution in [2.75, 3.05) is 25.0 Å². The number of anilines is 1. The van der Waals surface area contributed by atoms with Gasteiger partial charge in [-0.1, -0.05) is 12.5 Å². The van der Waals surface area contributed by atoms with Crippen molar-refractivity contribution in [3.05, 3.63) is 59.4 Å². The Morgan fingerprint density at radius 3 is 2.40 bits per heavy atom. The number of aryl methyl sites for hydroxylation is 1. The first kappa shape index (κ1) is 21.9. The Kier molecular flexibility index (Phi) is 6.84. The van der Waals surface area contributed by atoms with Crippen LogP contribution in [0.25, 0.3) is 0 Å². The fourth-order valence-electron chi connectivity index (χ4n) is 3.14. The van der Waals surface area contributed by atoms with Crippen LogP contribution >= 0.6 is 0 Å². The molecule has 1 heterocycles. The van der Waals surface area contributed by atoms with Crippen LogP contribution < -0.4 is 5.32 Å². The van der Waals surface area contributed by atoms with Gasteiger partial charge >= 0.3 is 5.97 Å². The van der Waals surface area contributed by atoms with Gasteiger partial charge in [0, 0.05) is 18.8 Å². The zero-order valence-electron chi connectivity index (χ0n) is 16.6. The molecule has 0 aliphatic carbocycles. The third kappa shape index (κ3) is 5.22. The third-order valence-electron chi connectivity index (χ3n) is 4.85. The second-order valence-electron chi connectivity index (χ2n) is 7.07. The number of hydrogen-bond donors (Lipinski definition) is 1. The number of benzene rings is 2. The highest BCUT2D eigenvalue weighted by Gasteiger charge is 2.26. The van der Waals surface area contributed by atoms with Crippen LogP contribution in [-0.4, -0.2) is 44.3 Å². The molecule has 1 aliphatic rings. The normalized spacial score (nSPS) is 14.9. The lowest BCUT2D eigenvalue weighted by molar-refractivity contribution is -0.119.